The van der Waals surface area contributed by atoms with Crippen molar-refractivity contribution in [3.8, 4) is 32.4 Å². The van der Waals surface area contributed by atoms with Gasteiger partial charge in [-0.3, -0.25) is 19.4 Å². The maximum absolute atomic E-state index is 15.2. The molecule has 0 radical (unpaired) electrons. The van der Waals surface area contributed by atoms with Gasteiger partial charge in [-0.05, 0) is 71.8 Å². The summed E-state index contributed by atoms with van der Waals surface area (Å²) in [5.74, 6) is -6.02. The van der Waals surface area contributed by atoms with Gasteiger partial charge in [0.2, 0.25) is 10.3 Å². The van der Waals surface area contributed by atoms with Crippen LogP contribution in [0.15, 0.2) is 143 Å². The summed E-state index contributed by atoms with van der Waals surface area (Å²) in [6.45, 7) is 2.87. The molecule has 0 N–H and O–H groups in total. The fraction of sp³-hybridized carbons (Fsp3) is 0.179. The first-order chi connectivity index (χ1) is 38.8. The molecule has 0 atom stereocenters. The van der Waals surface area contributed by atoms with Crippen molar-refractivity contribution in [2.75, 3.05) is 13.1 Å². The molecule has 7 aromatic rings. The van der Waals surface area contributed by atoms with Gasteiger partial charge < -0.3 is 28.4 Å². The molecular formula is C56H40N6O12S6. The van der Waals surface area contributed by atoms with Crippen LogP contribution in [0, 0.1) is 0 Å². The van der Waals surface area contributed by atoms with E-state index in [4.69, 9.17) is 62.8 Å². The molecule has 4 aliphatic rings. The van der Waals surface area contributed by atoms with Crippen molar-refractivity contribution in [2.24, 2.45) is 9.98 Å². The van der Waals surface area contributed by atoms with E-state index in [-0.39, 0.29) is 112 Å². The normalized spacial score (nSPS) is 16.5. The fourth-order valence-corrected chi connectivity index (χ4v) is 13.4. The molecule has 11 rings (SSSR count). The highest BCUT2D eigenvalue weighted by molar-refractivity contribution is 8.35. The zero-order valence-corrected chi connectivity index (χ0v) is 46.9. The SMILES string of the molecule is CCN1C(=O)/C(=N\c2nc3c(s2)-c2cc4c(cc2OC3(C(=O)OCc2ccccc2)C(=O)OCc2ccccc2)-c2sc(/N=C3/SC(=S)N(CC)C3=O)nc2C(C(=O)OCc2ccccc2)(C(=O)OCc2ccccc2)O4)SC1=S. The minimum Gasteiger partial charge on any atom is -0.458 e. The molecule has 0 bridgehead atoms. The van der Waals surface area contributed by atoms with Gasteiger partial charge in [0.15, 0.2) is 10.1 Å². The largest absolute Gasteiger partial charge is 0.458 e. The topological polar surface area (TPSA) is 215 Å². The number of aliphatic imine (C=N–C) groups is 2. The summed E-state index contributed by atoms with van der Waals surface area (Å²) in [7, 11) is 0. The molecule has 402 valence electrons. The molecule has 80 heavy (non-hydrogen) atoms. The van der Waals surface area contributed by atoms with Crippen LogP contribution in [-0.2, 0) is 85.3 Å². The van der Waals surface area contributed by atoms with E-state index in [1.807, 2.05) is 0 Å². The predicted molar refractivity (Wildman–Crippen MR) is 308 cm³/mol. The van der Waals surface area contributed by atoms with Crippen molar-refractivity contribution in [3.63, 3.8) is 0 Å². The number of benzene rings is 5. The number of thiocarbonyl (C=S) groups is 2. The number of hydrogen-bond acceptors (Lipinski definition) is 22. The number of nitrogens with zero attached hydrogens (tertiary/aromatic N) is 6. The third-order valence-corrected chi connectivity index (χ3v) is 17.3. The third-order valence-electron chi connectivity index (χ3n) is 12.7. The highest BCUT2D eigenvalue weighted by Crippen LogP contribution is 2.58. The number of thiazole rings is 2. The second kappa shape index (κ2) is 22.6. The van der Waals surface area contributed by atoms with Gasteiger partial charge in [0.1, 0.15) is 58.0 Å². The molecule has 2 saturated heterocycles. The molecular weight excluding hydrogens is 1140 g/mol. The van der Waals surface area contributed by atoms with Gasteiger partial charge >= 0.3 is 35.1 Å². The fourth-order valence-electron chi connectivity index (χ4n) is 8.71. The van der Waals surface area contributed by atoms with E-state index in [1.54, 1.807) is 135 Å². The summed E-state index contributed by atoms with van der Waals surface area (Å²) in [4.78, 5) is 110. The first-order valence-corrected chi connectivity index (χ1v) is 28.6. The van der Waals surface area contributed by atoms with Crippen LogP contribution in [0.3, 0.4) is 0 Å². The van der Waals surface area contributed by atoms with Crippen LogP contribution in [0.25, 0.3) is 20.9 Å². The van der Waals surface area contributed by atoms with Gasteiger partial charge in [0.25, 0.3) is 11.8 Å². The number of rotatable bonds is 16. The van der Waals surface area contributed by atoms with Crippen LogP contribution in [-0.4, -0.2) is 87.3 Å². The summed E-state index contributed by atoms with van der Waals surface area (Å²) in [5.41, 5.74) is -3.60. The Hall–Kier alpha value is -8.00. The molecule has 6 heterocycles. The predicted octanol–water partition coefficient (Wildman–Crippen LogP) is 9.90. The Morgan fingerprint density at radius 2 is 0.812 bits per heavy atom. The number of carbonyl (C=O) groups is 6. The first-order valence-electron chi connectivity index (χ1n) is 24.5. The Morgan fingerprint density at radius 1 is 0.512 bits per heavy atom. The van der Waals surface area contributed by atoms with Crippen LogP contribution in [0.4, 0.5) is 10.3 Å². The maximum atomic E-state index is 15.2. The number of aromatic nitrogens is 2. The smallest absolute Gasteiger partial charge is 0.369 e. The van der Waals surface area contributed by atoms with E-state index in [9.17, 15) is 9.59 Å². The van der Waals surface area contributed by atoms with Crippen molar-refractivity contribution in [3.05, 3.63) is 167 Å². The van der Waals surface area contributed by atoms with Gasteiger partial charge in [0.05, 0.1) is 9.75 Å². The van der Waals surface area contributed by atoms with E-state index in [0.29, 0.717) is 22.3 Å². The lowest BCUT2D eigenvalue weighted by Gasteiger charge is -2.36. The van der Waals surface area contributed by atoms with Crippen LogP contribution in [0.2, 0.25) is 0 Å². The van der Waals surface area contributed by atoms with Gasteiger partial charge in [0, 0.05) is 24.2 Å². The molecule has 5 aromatic carbocycles. The van der Waals surface area contributed by atoms with Gasteiger partial charge in [-0.15, -0.1) is 0 Å². The summed E-state index contributed by atoms with van der Waals surface area (Å²) in [5, 5.41) is -0.215. The molecule has 0 unspecified atom stereocenters. The van der Waals surface area contributed by atoms with Crippen LogP contribution >= 0.6 is 70.6 Å². The highest BCUT2D eigenvalue weighted by Gasteiger charge is 2.63. The summed E-state index contributed by atoms with van der Waals surface area (Å²) < 4.78 is 37.9. The molecule has 2 aromatic heterocycles. The monoisotopic (exact) mass is 1180 g/mol. The number of fused-ring (bicyclic) bond motifs is 6. The second-order valence-electron chi connectivity index (χ2n) is 17.7. The lowest BCUT2D eigenvalue weighted by molar-refractivity contribution is -0.185. The molecule has 4 aliphatic heterocycles. The molecule has 24 heteroatoms. The van der Waals surface area contributed by atoms with Crippen LogP contribution < -0.4 is 9.47 Å². The van der Waals surface area contributed by atoms with Crippen molar-refractivity contribution in [1.82, 2.24) is 19.8 Å². The lowest BCUT2D eigenvalue weighted by Crippen LogP contribution is -2.53. The number of ether oxygens (including phenoxy) is 6. The van der Waals surface area contributed by atoms with Crippen LogP contribution in [0.5, 0.6) is 11.5 Å². The van der Waals surface area contributed by atoms with Crippen molar-refractivity contribution >= 4 is 135 Å². The summed E-state index contributed by atoms with van der Waals surface area (Å²) in [6, 6.07) is 38.0. The number of esters is 4. The van der Waals surface area contributed by atoms with E-state index < -0.39 is 46.9 Å². The second-order valence-corrected chi connectivity index (χ2v) is 22.9. The Labute approximate surface area is 483 Å². The summed E-state index contributed by atoms with van der Waals surface area (Å²) in [6.07, 6.45) is 0. The van der Waals surface area contributed by atoms with Crippen molar-refractivity contribution in [1.29, 1.82) is 0 Å². The third kappa shape index (κ3) is 10.1. The van der Waals surface area contributed by atoms with Gasteiger partial charge in [-0.25, -0.2) is 39.1 Å². The molecule has 2 amide bonds. The van der Waals surface area contributed by atoms with Crippen molar-refractivity contribution < 1.29 is 57.2 Å². The molecule has 18 nitrogen and oxygen atoms in total. The number of thioether (sulfide) groups is 2. The van der Waals surface area contributed by atoms with Gasteiger partial charge in [-0.1, -0.05) is 168 Å². The molecule has 0 aliphatic carbocycles. The standard InChI is InChI=1S/C56H40N6O12S6/c1-3-61-45(63)43(79-53(61)75)59-51-57-41-39(77-51)35-25-38-36(26-37(35)73-55(41,47(65)69-27-31-17-9-5-10-18-31)48(66)70-28-32-19-11-6-12-20-32)40-42(58-52(78-40)60-44-46(64)62(4-2)54(76)80-44)56(74-38,49(67)71-29-33-21-13-7-14-22-33)50(68)72-30-34-23-15-8-16-24-34/h5-26H,3-4,27-30H2,1-2H3/b59-43+,60-44+. The molecule has 0 spiro atoms. The maximum Gasteiger partial charge on any atom is 0.369 e. The summed E-state index contributed by atoms with van der Waals surface area (Å²) >= 11 is 14.7. The average Bonchev–Trinajstić information content (AvgIpc) is 4.41. The molecule has 2 fully saturated rings. The number of hydrogen-bond donors (Lipinski definition) is 0. The van der Waals surface area contributed by atoms with E-state index in [1.165, 1.54) is 21.9 Å². The van der Waals surface area contributed by atoms with E-state index >= 15 is 19.2 Å². The van der Waals surface area contributed by atoms with Gasteiger partial charge in [-0.2, -0.15) is 0 Å². The minimum absolute atomic E-state index is 0.0198. The minimum atomic E-state index is -2.80. The quantitative estimate of drug-likeness (QED) is 0.0381. The Kier molecular flexibility index (Phi) is 15.3. The average molecular weight is 1180 g/mol. The van der Waals surface area contributed by atoms with E-state index in [2.05, 4.69) is 9.98 Å². The zero-order chi connectivity index (χ0) is 55.7. The Morgan fingerprint density at radius 3 is 1.09 bits per heavy atom. The first kappa shape index (κ1) is 54.0. The van der Waals surface area contributed by atoms with Crippen LogP contribution in [0.1, 0.15) is 47.5 Å². The van der Waals surface area contributed by atoms with E-state index in [0.717, 1.165) is 46.2 Å². The highest BCUT2D eigenvalue weighted by atomic mass is 32.2. The molecule has 0 saturated carbocycles. The lowest BCUT2D eigenvalue weighted by atomic mass is 9.89. The number of carbonyl (C=O) groups excluding carboxylic acids is 6. The Bertz CT molecular complexity index is 3390. The Balaban J connectivity index is 1.11. The number of amides is 2. The van der Waals surface area contributed by atoms with Crippen molar-refractivity contribution in [2.45, 2.75) is 51.5 Å². The zero-order valence-electron chi connectivity index (χ0n) is 42.0.